The number of alkyl halides is 3. The van der Waals surface area contributed by atoms with Gasteiger partial charge in [-0.25, -0.2) is 15.0 Å². The standard InChI is InChI=1S/C29H29F3N6O4S/c1-41-20-3-4-21(23(14-20)42-2)22-11-18(12-25(36-22)29(30,31)32)16-33-15-17-6-9-38(10-7-17)27-34-8-5-19(35-27)13-24-26(39)37-28(40)43-24/h3-5,8,11-14,17,33H,6-7,9-10,15-16H2,1-2H3,(H,37,39,40). The molecule has 43 heavy (non-hydrogen) atoms. The highest BCUT2D eigenvalue weighted by Crippen LogP contribution is 2.36. The van der Waals surface area contributed by atoms with Crippen LogP contribution in [0.5, 0.6) is 11.5 Å². The number of carbonyl (C=O) groups is 2. The Bertz CT molecular complexity index is 1540. The lowest BCUT2D eigenvalue weighted by molar-refractivity contribution is -0.141. The Morgan fingerprint density at radius 2 is 1.88 bits per heavy atom. The summed E-state index contributed by atoms with van der Waals surface area (Å²) in [5.41, 5.74) is 0.621. The van der Waals surface area contributed by atoms with Crippen LogP contribution in [0.2, 0.25) is 0 Å². The van der Waals surface area contributed by atoms with Gasteiger partial charge in [0, 0.05) is 37.5 Å². The van der Waals surface area contributed by atoms with Crippen molar-refractivity contribution < 1.29 is 32.2 Å². The number of methoxy groups -OCH3 is 2. The van der Waals surface area contributed by atoms with E-state index in [1.165, 1.54) is 14.2 Å². The third-order valence-electron chi connectivity index (χ3n) is 7.11. The van der Waals surface area contributed by atoms with Crippen molar-refractivity contribution >= 4 is 34.9 Å². The summed E-state index contributed by atoms with van der Waals surface area (Å²) in [4.78, 5) is 38.4. The van der Waals surface area contributed by atoms with Gasteiger partial charge >= 0.3 is 6.18 Å². The molecule has 4 heterocycles. The van der Waals surface area contributed by atoms with Crippen LogP contribution in [-0.2, 0) is 17.5 Å². The summed E-state index contributed by atoms with van der Waals surface area (Å²) >= 11 is 0.832. The lowest BCUT2D eigenvalue weighted by atomic mass is 9.97. The number of imide groups is 1. The number of carbonyl (C=O) groups excluding carboxylic acids is 2. The first kappa shape index (κ1) is 30.3. The smallest absolute Gasteiger partial charge is 0.433 e. The molecule has 2 saturated heterocycles. The number of benzene rings is 1. The van der Waals surface area contributed by atoms with Crippen LogP contribution in [0, 0.1) is 5.92 Å². The van der Waals surface area contributed by atoms with E-state index in [9.17, 15) is 22.8 Å². The SMILES string of the molecule is COc1ccc(-c2cc(CNCC3CCN(c4nccc(C=C5SC(=O)NC5=O)n4)CC3)cc(C(F)(F)F)n2)c(OC)c1. The zero-order chi connectivity index (χ0) is 30.6. The number of piperidine rings is 1. The Morgan fingerprint density at radius 3 is 2.56 bits per heavy atom. The zero-order valence-corrected chi connectivity index (χ0v) is 24.2. The van der Waals surface area contributed by atoms with E-state index in [-0.39, 0.29) is 17.1 Å². The second-order valence-electron chi connectivity index (χ2n) is 10.0. The Labute approximate surface area is 250 Å². The van der Waals surface area contributed by atoms with Gasteiger partial charge in [-0.15, -0.1) is 0 Å². The molecule has 226 valence electrons. The van der Waals surface area contributed by atoms with Gasteiger partial charge in [0.05, 0.1) is 30.5 Å². The van der Waals surface area contributed by atoms with Gasteiger partial charge in [0.1, 0.15) is 17.2 Å². The number of nitrogens with one attached hydrogen (secondary N) is 2. The fourth-order valence-corrected chi connectivity index (χ4v) is 5.56. The zero-order valence-electron chi connectivity index (χ0n) is 23.4. The molecule has 0 radical (unpaired) electrons. The predicted molar refractivity (Wildman–Crippen MR) is 156 cm³/mol. The molecule has 2 aliphatic rings. The molecule has 0 atom stereocenters. The Kier molecular flexibility index (Phi) is 9.16. The number of halogens is 3. The van der Waals surface area contributed by atoms with Crippen molar-refractivity contribution in [2.75, 3.05) is 38.8 Å². The van der Waals surface area contributed by atoms with E-state index in [0.29, 0.717) is 59.8 Å². The van der Waals surface area contributed by atoms with Gasteiger partial charge in [-0.05, 0) is 79.0 Å². The predicted octanol–water partition coefficient (Wildman–Crippen LogP) is 4.90. The summed E-state index contributed by atoms with van der Waals surface area (Å²) in [5.74, 6) is 1.29. The first-order valence-electron chi connectivity index (χ1n) is 13.5. The second kappa shape index (κ2) is 13.0. The second-order valence-corrected chi connectivity index (χ2v) is 11.0. The van der Waals surface area contributed by atoms with Crippen LogP contribution in [0.25, 0.3) is 17.3 Å². The molecule has 1 aromatic carbocycles. The van der Waals surface area contributed by atoms with E-state index in [0.717, 1.165) is 30.7 Å². The molecule has 0 spiro atoms. The number of amides is 2. The van der Waals surface area contributed by atoms with Gasteiger partial charge in [-0.1, -0.05) is 0 Å². The van der Waals surface area contributed by atoms with Crippen LogP contribution in [-0.4, -0.2) is 60.0 Å². The molecule has 2 fully saturated rings. The van der Waals surface area contributed by atoms with Crippen LogP contribution in [0.3, 0.4) is 0 Å². The van der Waals surface area contributed by atoms with Crippen molar-refractivity contribution in [3.63, 3.8) is 0 Å². The Balaban J connectivity index is 1.20. The molecule has 0 unspecified atom stereocenters. The summed E-state index contributed by atoms with van der Waals surface area (Å²) in [6, 6.07) is 9.26. The number of hydrogen-bond acceptors (Lipinski definition) is 10. The van der Waals surface area contributed by atoms with Crippen LogP contribution in [0.4, 0.5) is 23.9 Å². The normalized spacial score (nSPS) is 17.0. The molecule has 3 aromatic rings. The van der Waals surface area contributed by atoms with Crippen molar-refractivity contribution in [1.29, 1.82) is 0 Å². The average molecular weight is 615 g/mol. The van der Waals surface area contributed by atoms with Gasteiger partial charge in [-0.2, -0.15) is 13.2 Å². The number of nitrogens with zero attached hydrogens (tertiary/aromatic N) is 4. The third kappa shape index (κ3) is 7.43. The first-order valence-corrected chi connectivity index (χ1v) is 14.3. The maximum absolute atomic E-state index is 13.7. The Hall–Kier alpha value is -4.17. The molecule has 5 rings (SSSR count). The summed E-state index contributed by atoms with van der Waals surface area (Å²) in [5, 5.41) is 5.12. The number of rotatable bonds is 9. The average Bonchev–Trinajstić information content (AvgIpc) is 3.32. The van der Waals surface area contributed by atoms with Gasteiger partial charge < -0.3 is 19.7 Å². The number of hydrogen-bond donors (Lipinski definition) is 2. The van der Waals surface area contributed by atoms with Gasteiger partial charge in [0.2, 0.25) is 5.95 Å². The number of anilines is 1. The first-order chi connectivity index (χ1) is 20.6. The molecule has 14 heteroatoms. The minimum Gasteiger partial charge on any atom is -0.497 e. The fraction of sp³-hybridized carbons (Fsp3) is 0.345. The molecule has 2 N–H and O–H groups in total. The molecule has 0 saturated carbocycles. The van der Waals surface area contributed by atoms with Crippen molar-refractivity contribution in [3.05, 3.63) is 64.5 Å². The Morgan fingerprint density at radius 1 is 1.09 bits per heavy atom. The fourth-order valence-electron chi connectivity index (χ4n) is 4.89. The molecular formula is C29H29F3N6O4S. The summed E-state index contributed by atoms with van der Waals surface area (Å²) in [6.45, 7) is 2.28. The van der Waals surface area contributed by atoms with Crippen molar-refractivity contribution in [3.8, 4) is 22.8 Å². The van der Waals surface area contributed by atoms with E-state index in [1.54, 1.807) is 42.6 Å². The van der Waals surface area contributed by atoms with Crippen molar-refractivity contribution in [2.24, 2.45) is 5.92 Å². The van der Waals surface area contributed by atoms with E-state index in [2.05, 4.69) is 30.5 Å². The van der Waals surface area contributed by atoms with E-state index in [1.807, 2.05) is 0 Å². The molecule has 10 nitrogen and oxygen atoms in total. The van der Waals surface area contributed by atoms with Gasteiger partial charge in [0.25, 0.3) is 11.1 Å². The molecule has 0 bridgehead atoms. The highest BCUT2D eigenvalue weighted by Gasteiger charge is 2.33. The summed E-state index contributed by atoms with van der Waals surface area (Å²) in [7, 11) is 2.94. The van der Waals surface area contributed by atoms with Crippen molar-refractivity contribution in [2.45, 2.75) is 25.6 Å². The van der Waals surface area contributed by atoms with Crippen molar-refractivity contribution in [1.82, 2.24) is 25.6 Å². The molecule has 2 amide bonds. The van der Waals surface area contributed by atoms with Crippen LogP contribution < -0.4 is 25.0 Å². The third-order valence-corrected chi connectivity index (χ3v) is 7.92. The molecule has 0 aliphatic carbocycles. The van der Waals surface area contributed by atoms with Crippen LogP contribution in [0.15, 0.2) is 47.5 Å². The van der Waals surface area contributed by atoms with Crippen LogP contribution in [0.1, 0.15) is 29.8 Å². The van der Waals surface area contributed by atoms with E-state index < -0.39 is 23.0 Å². The highest BCUT2D eigenvalue weighted by atomic mass is 32.2. The number of thioether (sulfide) groups is 1. The minimum absolute atomic E-state index is 0.163. The summed E-state index contributed by atoms with van der Waals surface area (Å²) < 4.78 is 51.8. The number of ether oxygens (including phenoxy) is 2. The monoisotopic (exact) mass is 614 g/mol. The maximum Gasteiger partial charge on any atom is 0.433 e. The lowest BCUT2D eigenvalue weighted by Gasteiger charge is -2.32. The van der Waals surface area contributed by atoms with E-state index >= 15 is 0 Å². The highest BCUT2D eigenvalue weighted by molar-refractivity contribution is 8.18. The maximum atomic E-state index is 13.7. The minimum atomic E-state index is -4.60. The van der Waals surface area contributed by atoms with Gasteiger partial charge in [-0.3, -0.25) is 14.9 Å². The quantitative estimate of drug-likeness (QED) is 0.322. The molecule has 2 aromatic heterocycles. The van der Waals surface area contributed by atoms with Gasteiger partial charge in [0.15, 0.2) is 0 Å². The topological polar surface area (TPSA) is 119 Å². The summed E-state index contributed by atoms with van der Waals surface area (Å²) in [6.07, 6.45) is 0.250. The van der Waals surface area contributed by atoms with E-state index in [4.69, 9.17) is 9.47 Å². The molecule has 2 aliphatic heterocycles. The molecular weight excluding hydrogens is 585 g/mol. The lowest BCUT2D eigenvalue weighted by Crippen LogP contribution is -2.38. The number of pyridine rings is 1. The van der Waals surface area contributed by atoms with Crippen LogP contribution >= 0.6 is 11.8 Å². The largest absolute Gasteiger partial charge is 0.497 e. The number of aromatic nitrogens is 3.